The van der Waals surface area contributed by atoms with Gasteiger partial charge in [-0.2, -0.15) is 0 Å². The minimum Gasteiger partial charge on any atom is -0.507 e. The minimum absolute atomic E-state index is 0.132. The first kappa shape index (κ1) is 11.7. The van der Waals surface area contributed by atoms with Crippen LogP contribution < -0.4 is 0 Å². The molecule has 16 heavy (non-hydrogen) atoms. The number of aliphatic carboxylic acids is 1. The lowest BCUT2D eigenvalue weighted by Gasteiger charge is -1.98. The van der Waals surface area contributed by atoms with Crippen LogP contribution in [0.5, 0.6) is 5.75 Å². The Morgan fingerprint density at radius 3 is 2.75 bits per heavy atom. The second-order valence-electron chi connectivity index (χ2n) is 3.00. The van der Waals surface area contributed by atoms with Gasteiger partial charge in [0.15, 0.2) is 0 Å². The van der Waals surface area contributed by atoms with Crippen molar-refractivity contribution in [3.8, 4) is 5.75 Å². The number of carboxylic acid groups (broad SMARTS) is 1. The Balaban J connectivity index is 2.94. The summed E-state index contributed by atoms with van der Waals surface area (Å²) in [5.41, 5.74) is 0.0585. The molecule has 0 aliphatic rings. The van der Waals surface area contributed by atoms with E-state index in [1.165, 1.54) is 30.4 Å². The Labute approximate surface area is 90.6 Å². The molecule has 0 unspecified atom stereocenters. The molecule has 0 saturated heterocycles. The van der Waals surface area contributed by atoms with Crippen molar-refractivity contribution in [2.45, 2.75) is 6.42 Å². The van der Waals surface area contributed by atoms with E-state index >= 15 is 0 Å². The van der Waals surface area contributed by atoms with Crippen molar-refractivity contribution in [1.29, 1.82) is 0 Å². The molecule has 0 aliphatic carbocycles. The predicted molar refractivity (Wildman–Crippen MR) is 56.0 cm³/mol. The molecule has 0 amide bonds. The van der Waals surface area contributed by atoms with Gasteiger partial charge in [-0.15, -0.1) is 0 Å². The number of carbonyl (C=O) groups is 1. The van der Waals surface area contributed by atoms with Crippen LogP contribution in [0.15, 0.2) is 24.3 Å². The van der Waals surface area contributed by atoms with Gasteiger partial charge in [0.1, 0.15) is 5.75 Å². The zero-order chi connectivity index (χ0) is 12.1. The van der Waals surface area contributed by atoms with Gasteiger partial charge in [-0.3, -0.25) is 14.9 Å². The van der Waals surface area contributed by atoms with Crippen LogP contribution in [0, 0.1) is 10.1 Å². The first-order chi connectivity index (χ1) is 7.50. The quantitative estimate of drug-likeness (QED) is 0.598. The molecular weight excluding hydrogens is 214 g/mol. The number of nitro groups is 1. The highest BCUT2D eigenvalue weighted by Crippen LogP contribution is 2.24. The van der Waals surface area contributed by atoms with Gasteiger partial charge in [0.25, 0.3) is 5.69 Å². The number of phenolic OH excluding ortho intramolecular Hbond substituents is 1. The lowest BCUT2D eigenvalue weighted by atomic mass is 10.1. The van der Waals surface area contributed by atoms with Gasteiger partial charge in [-0.05, 0) is 6.07 Å². The van der Waals surface area contributed by atoms with Crippen molar-refractivity contribution >= 4 is 17.7 Å². The molecule has 6 heteroatoms. The molecule has 0 saturated carbocycles. The molecule has 0 aromatic heterocycles. The third-order valence-electron chi connectivity index (χ3n) is 1.81. The van der Waals surface area contributed by atoms with E-state index in [1.54, 1.807) is 0 Å². The predicted octanol–water partition coefficient (Wildman–Crippen LogP) is 1.79. The maximum Gasteiger partial charge on any atom is 0.307 e. The summed E-state index contributed by atoms with van der Waals surface area (Å²) in [5.74, 6) is -1.14. The smallest absolute Gasteiger partial charge is 0.307 e. The molecule has 6 nitrogen and oxygen atoms in total. The third kappa shape index (κ3) is 3.09. The normalized spacial score (nSPS) is 10.5. The average Bonchev–Trinajstić information content (AvgIpc) is 2.20. The zero-order valence-electron chi connectivity index (χ0n) is 8.16. The highest BCUT2D eigenvalue weighted by molar-refractivity contribution is 5.71. The fourth-order valence-electron chi connectivity index (χ4n) is 1.08. The lowest BCUT2D eigenvalue weighted by Crippen LogP contribution is -1.90. The lowest BCUT2D eigenvalue weighted by molar-refractivity contribution is -0.384. The number of phenols is 1. The van der Waals surface area contributed by atoms with Gasteiger partial charge in [0.05, 0.1) is 11.3 Å². The number of hydrogen-bond acceptors (Lipinski definition) is 4. The van der Waals surface area contributed by atoms with Gasteiger partial charge < -0.3 is 10.2 Å². The molecule has 84 valence electrons. The van der Waals surface area contributed by atoms with Crippen molar-refractivity contribution in [3.05, 3.63) is 40.0 Å². The number of benzene rings is 1. The summed E-state index contributed by atoms with van der Waals surface area (Å²) >= 11 is 0. The summed E-state index contributed by atoms with van der Waals surface area (Å²) in [6.45, 7) is 0. The SMILES string of the molecule is O=C(O)CC=Cc1cc([N+](=O)[O-])ccc1O. The molecule has 2 N–H and O–H groups in total. The molecule has 0 aliphatic heterocycles. The first-order valence-electron chi connectivity index (χ1n) is 4.36. The molecule has 1 aromatic rings. The van der Waals surface area contributed by atoms with E-state index in [4.69, 9.17) is 5.11 Å². The van der Waals surface area contributed by atoms with Crippen LogP contribution in [0.4, 0.5) is 5.69 Å². The number of nitrogens with zero attached hydrogens (tertiary/aromatic N) is 1. The largest absolute Gasteiger partial charge is 0.507 e. The average molecular weight is 223 g/mol. The second-order valence-corrected chi connectivity index (χ2v) is 3.00. The van der Waals surface area contributed by atoms with Crippen molar-refractivity contribution in [1.82, 2.24) is 0 Å². The van der Waals surface area contributed by atoms with E-state index in [-0.39, 0.29) is 23.4 Å². The summed E-state index contributed by atoms with van der Waals surface area (Å²) in [5, 5.41) is 28.2. The van der Waals surface area contributed by atoms with E-state index in [9.17, 15) is 20.0 Å². The fourth-order valence-corrected chi connectivity index (χ4v) is 1.08. The Morgan fingerprint density at radius 1 is 1.50 bits per heavy atom. The second kappa shape index (κ2) is 4.92. The summed E-state index contributed by atoms with van der Waals surface area (Å²) in [6.07, 6.45) is 2.43. The van der Waals surface area contributed by atoms with Crippen LogP contribution in [0.3, 0.4) is 0 Å². The summed E-state index contributed by atoms with van der Waals surface area (Å²) in [7, 11) is 0. The molecule has 0 radical (unpaired) electrons. The van der Waals surface area contributed by atoms with Crippen molar-refractivity contribution in [2.75, 3.05) is 0 Å². The maximum absolute atomic E-state index is 10.5. The molecule has 1 aromatic carbocycles. The number of rotatable bonds is 4. The fraction of sp³-hybridized carbons (Fsp3) is 0.100. The first-order valence-corrected chi connectivity index (χ1v) is 4.36. The Morgan fingerprint density at radius 2 is 2.19 bits per heavy atom. The highest BCUT2D eigenvalue weighted by Gasteiger charge is 2.07. The van der Waals surface area contributed by atoms with Crippen LogP contribution in [-0.4, -0.2) is 21.1 Å². The number of carboxylic acids is 1. The molecular formula is C10H9NO5. The van der Waals surface area contributed by atoms with E-state index in [0.717, 1.165) is 0 Å². The van der Waals surface area contributed by atoms with E-state index < -0.39 is 10.9 Å². The van der Waals surface area contributed by atoms with Gasteiger partial charge in [0, 0.05) is 17.7 Å². The molecule has 0 fully saturated rings. The van der Waals surface area contributed by atoms with E-state index in [1.807, 2.05) is 0 Å². The van der Waals surface area contributed by atoms with Gasteiger partial charge in [-0.25, -0.2) is 0 Å². The molecule has 0 spiro atoms. The third-order valence-corrected chi connectivity index (χ3v) is 1.81. The topological polar surface area (TPSA) is 101 Å². The van der Waals surface area contributed by atoms with E-state index in [0.29, 0.717) is 0 Å². The highest BCUT2D eigenvalue weighted by atomic mass is 16.6. The van der Waals surface area contributed by atoms with Crippen LogP contribution >= 0.6 is 0 Å². The summed E-state index contributed by atoms with van der Waals surface area (Å²) < 4.78 is 0. The number of non-ortho nitro benzene ring substituents is 1. The molecule has 0 atom stereocenters. The maximum atomic E-state index is 10.5. The number of nitro benzene ring substituents is 1. The van der Waals surface area contributed by atoms with Crippen molar-refractivity contribution in [3.63, 3.8) is 0 Å². The Hall–Kier alpha value is -2.37. The van der Waals surface area contributed by atoms with Gasteiger partial charge in [-0.1, -0.05) is 12.2 Å². The standard InChI is InChI=1S/C10H9NO5/c12-9-5-4-8(11(15)16)6-7(9)2-1-3-10(13)14/h1-2,4-6,12H,3H2,(H,13,14). The summed E-state index contributed by atoms with van der Waals surface area (Å²) in [4.78, 5) is 20.1. The molecule has 0 bridgehead atoms. The number of aromatic hydroxyl groups is 1. The van der Waals surface area contributed by atoms with Crippen LogP contribution in [0.2, 0.25) is 0 Å². The Kier molecular flexibility index (Phi) is 3.60. The van der Waals surface area contributed by atoms with Crippen LogP contribution in [0.25, 0.3) is 6.08 Å². The van der Waals surface area contributed by atoms with Crippen LogP contribution in [0.1, 0.15) is 12.0 Å². The molecule has 1 rings (SSSR count). The monoisotopic (exact) mass is 223 g/mol. The number of hydrogen-bond donors (Lipinski definition) is 2. The Bertz CT molecular complexity index is 453. The zero-order valence-corrected chi connectivity index (χ0v) is 8.16. The minimum atomic E-state index is -1.01. The van der Waals surface area contributed by atoms with Gasteiger partial charge >= 0.3 is 5.97 Å². The molecule has 0 heterocycles. The summed E-state index contributed by atoms with van der Waals surface area (Å²) in [6, 6.07) is 3.54. The van der Waals surface area contributed by atoms with E-state index in [2.05, 4.69) is 0 Å². The van der Waals surface area contributed by atoms with Crippen molar-refractivity contribution in [2.24, 2.45) is 0 Å². The van der Waals surface area contributed by atoms with Gasteiger partial charge in [0.2, 0.25) is 0 Å². The van der Waals surface area contributed by atoms with Crippen molar-refractivity contribution < 1.29 is 19.9 Å². The van der Waals surface area contributed by atoms with Crippen LogP contribution in [-0.2, 0) is 4.79 Å².